The number of aromatic nitrogens is 3. The Morgan fingerprint density at radius 3 is 2.29 bits per heavy atom. The highest BCUT2D eigenvalue weighted by atomic mass is 19.1. The molecule has 5 aromatic rings. The van der Waals surface area contributed by atoms with Crippen LogP contribution in [-0.2, 0) is 14.3 Å². The molecular formula is C42H49FN4O5. The van der Waals surface area contributed by atoms with Gasteiger partial charge in [-0.2, -0.15) is 5.10 Å². The van der Waals surface area contributed by atoms with Crippen molar-refractivity contribution in [2.45, 2.75) is 79.6 Å². The number of hydrogen-bond donors (Lipinski definition) is 0. The van der Waals surface area contributed by atoms with Crippen LogP contribution in [-0.4, -0.2) is 69.5 Å². The Morgan fingerprint density at radius 2 is 1.60 bits per heavy atom. The number of aryl methyl sites for hydroxylation is 2. The Bertz CT molecular complexity index is 2100. The molecular weight excluding hydrogens is 659 g/mol. The highest BCUT2D eigenvalue weighted by Crippen LogP contribution is 2.39. The zero-order chi connectivity index (χ0) is 37.4. The van der Waals surface area contributed by atoms with Crippen molar-refractivity contribution in [1.29, 1.82) is 0 Å². The number of benzene rings is 3. The van der Waals surface area contributed by atoms with Gasteiger partial charge in [-0.15, -0.1) is 0 Å². The molecule has 0 aliphatic carbocycles. The number of fused-ring (bicyclic) bond motifs is 9. The Kier molecular flexibility index (Phi) is 10.4. The summed E-state index contributed by atoms with van der Waals surface area (Å²) in [7, 11) is 0. The highest BCUT2D eigenvalue weighted by molar-refractivity contribution is 5.83. The van der Waals surface area contributed by atoms with Crippen LogP contribution in [0.4, 0.5) is 4.39 Å². The van der Waals surface area contributed by atoms with Crippen LogP contribution in [0.1, 0.15) is 71.4 Å². The molecule has 6 rings (SSSR count). The summed E-state index contributed by atoms with van der Waals surface area (Å²) in [6.07, 6.45) is -1.08. The molecule has 2 aromatic heterocycles. The molecule has 274 valence electrons. The monoisotopic (exact) mass is 708 g/mol. The fourth-order valence-electron chi connectivity index (χ4n) is 6.58. The summed E-state index contributed by atoms with van der Waals surface area (Å²) in [5.74, 6) is 0.308. The van der Waals surface area contributed by atoms with E-state index in [9.17, 15) is 9.18 Å². The summed E-state index contributed by atoms with van der Waals surface area (Å²) >= 11 is 0. The number of nitrogens with zero attached hydrogens (tertiary/aromatic N) is 4. The van der Waals surface area contributed by atoms with E-state index in [1.807, 2.05) is 83.1 Å². The van der Waals surface area contributed by atoms with Crippen LogP contribution in [0.5, 0.6) is 11.5 Å². The quantitative estimate of drug-likeness (QED) is 0.171. The molecule has 1 aliphatic rings. The minimum absolute atomic E-state index is 0.177. The second-order valence-corrected chi connectivity index (χ2v) is 15.2. The molecule has 10 heteroatoms. The third-order valence-electron chi connectivity index (χ3n) is 9.12. The topological polar surface area (TPSA) is 87.4 Å². The smallest absolute Gasteiger partial charge is 0.340 e. The molecule has 0 fully saturated rings. The number of ether oxygens (including phenoxy) is 4. The summed E-state index contributed by atoms with van der Waals surface area (Å²) in [5.41, 5.74) is 6.46. The van der Waals surface area contributed by atoms with Crippen LogP contribution in [0.2, 0.25) is 0 Å². The van der Waals surface area contributed by atoms with E-state index in [0.717, 1.165) is 27.8 Å². The number of carbonyl (C=O) groups excluding carboxylic acids is 1. The lowest BCUT2D eigenvalue weighted by Gasteiger charge is -2.35. The van der Waals surface area contributed by atoms with Gasteiger partial charge in [0.05, 0.1) is 23.6 Å². The van der Waals surface area contributed by atoms with Crippen LogP contribution >= 0.6 is 0 Å². The Labute approximate surface area is 305 Å². The number of carbonyl (C=O) groups is 1. The van der Waals surface area contributed by atoms with E-state index < -0.39 is 17.7 Å². The number of halogens is 1. The van der Waals surface area contributed by atoms with Crippen molar-refractivity contribution in [3.05, 3.63) is 89.4 Å². The molecule has 0 amide bonds. The maximum absolute atomic E-state index is 14.6. The van der Waals surface area contributed by atoms with Gasteiger partial charge >= 0.3 is 5.97 Å². The summed E-state index contributed by atoms with van der Waals surface area (Å²) in [6, 6.07) is 20.5. The van der Waals surface area contributed by atoms with Crippen LogP contribution in [0.3, 0.4) is 0 Å². The van der Waals surface area contributed by atoms with Crippen molar-refractivity contribution in [2.75, 3.05) is 32.9 Å². The van der Waals surface area contributed by atoms with E-state index in [1.54, 1.807) is 17.5 Å². The zero-order valence-electron chi connectivity index (χ0n) is 31.7. The third-order valence-corrected chi connectivity index (χ3v) is 9.12. The molecule has 9 nitrogen and oxygen atoms in total. The van der Waals surface area contributed by atoms with E-state index in [0.29, 0.717) is 66.1 Å². The first kappa shape index (κ1) is 37.0. The van der Waals surface area contributed by atoms with Gasteiger partial charge in [0.25, 0.3) is 0 Å². The van der Waals surface area contributed by atoms with E-state index in [1.165, 1.54) is 12.1 Å². The molecule has 0 unspecified atom stereocenters. The van der Waals surface area contributed by atoms with Crippen molar-refractivity contribution >= 4 is 11.6 Å². The van der Waals surface area contributed by atoms with Crippen molar-refractivity contribution in [3.8, 4) is 45.1 Å². The standard InChI is InChI=1S/C42H49FN4O5/c1-10-49-40(48)39(52-42(7,8)9)37-27(3)44-36-25-33-29-13-11-12-28(22-29)32-17-16-31(43)24-35(32)51-21-19-46(41(4,5)6)18-20-50-34-23-30(15-14-26(34)2)38(37)47(36)45-33/h11-17,22-25,39H,10,18-21H2,1-9H3/t39-/m0/s1. The van der Waals surface area contributed by atoms with Crippen molar-refractivity contribution in [3.63, 3.8) is 0 Å². The van der Waals surface area contributed by atoms with Crippen molar-refractivity contribution in [1.82, 2.24) is 19.5 Å². The summed E-state index contributed by atoms with van der Waals surface area (Å²) in [6.45, 7) is 20.1. The second kappa shape index (κ2) is 14.7. The fourth-order valence-corrected chi connectivity index (χ4v) is 6.58. The largest absolute Gasteiger partial charge is 0.492 e. The van der Waals surface area contributed by atoms with Gasteiger partial charge < -0.3 is 18.9 Å². The van der Waals surface area contributed by atoms with Gasteiger partial charge in [0, 0.05) is 58.7 Å². The molecule has 6 bridgehead atoms. The van der Waals surface area contributed by atoms with Gasteiger partial charge in [-0.1, -0.05) is 30.3 Å². The maximum Gasteiger partial charge on any atom is 0.340 e. The predicted molar refractivity (Wildman–Crippen MR) is 201 cm³/mol. The first-order valence-corrected chi connectivity index (χ1v) is 17.9. The molecule has 1 aliphatic heterocycles. The maximum atomic E-state index is 14.6. The average molecular weight is 709 g/mol. The molecule has 0 radical (unpaired) electrons. The van der Waals surface area contributed by atoms with Gasteiger partial charge in [-0.3, -0.25) is 4.90 Å². The highest BCUT2D eigenvalue weighted by Gasteiger charge is 2.34. The first-order chi connectivity index (χ1) is 24.6. The number of esters is 1. The molecule has 1 atom stereocenters. The average Bonchev–Trinajstić information content (AvgIpc) is 3.49. The molecule has 0 saturated heterocycles. The molecule has 0 N–H and O–H groups in total. The lowest BCUT2D eigenvalue weighted by Crippen LogP contribution is -2.45. The summed E-state index contributed by atoms with van der Waals surface area (Å²) in [4.78, 5) is 21.0. The molecule has 0 saturated carbocycles. The second-order valence-electron chi connectivity index (χ2n) is 15.2. The van der Waals surface area contributed by atoms with Crippen LogP contribution in [0, 0.1) is 19.7 Å². The van der Waals surface area contributed by atoms with Gasteiger partial charge in [-0.25, -0.2) is 18.7 Å². The molecule has 0 spiro atoms. The molecule has 52 heavy (non-hydrogen) atoms. The number of rotatable bonds is 4. The summed E-state index contributed by atoms with van der Waals surface area (Å²) in [5, 5.41) is 5.12. The van der Waals surface area contributed by atoms with E-state index in [2.05, 4.69) is 25.7 Å². The van der Waals surface area contributed by atoms with Crippen LogP contribution < -0.4 is 9.47 Å². The van der Waals surface area contributed by atoms with Crippen molar-refractivity contribution < 1.29 is 28.1 Å². The lowest BCUT2D eigenvalue weighted by atomic mass is 9.97. The Balaban J connectivity index is 1.61. The van der Waals surface area contributed by atoms with Gasteiger partial charge in [0.15, 0.2) is 11.8 Å². The van der Waals surface area contributed by atoms with Gasteiger partial charge in [0.1, 0.15) is 30.5 Å². The lowest BCUT2D eigenvalue weighted by molar-refractivity contribution is -0.166. The SMILES string of the molecule is CCOC(=O)[C@@H](OC(C)(C)C)c1c(C)nc2cc3nn2c1-c1ccc(C)c(c1)OCCN(C(C)(C)C)CCOc1cc(F)ccc1-c1cccc-3c1. The molecule has 3 heterocycles. The normalized spacial score (nSPS) is 14.8. The third kappa shape index (κ3) is 7.98. The minimum atomic E-state index is -1.08. The van der Waals surface area contributed by atoms with Crippen LogP contribution in [0.25, 0.3) is 39.3 Å². The van der Waals surface area contributed by atoms with Gasteiger partial charge in [-0.05, 0) is 97.7 Å². The summed E-state index contributed by atoms with van der Waals surface area (Å²) < 4.78 is 41.2. The van der Waals surface area contributed by atoms with E-state index in [4.69, 9.17) is 29.0 Å². The predicted octanol–water partition coefficient (Wildman–Crippen LogP) is 8.78. The van der Waals surface area contributed by atoms with E-state index >= 15 is 0 Å². The zero-order valence-corrected chi connectivity index (χ0v) is 31.7. The first-order valence-electron chi connectivity index (χ1n) is 17.9. The number of hydrogen-bond acceptors (Lipinski definition) is 8. The fraction of sp³-hybridized carbons (Fsp3) is 0.405. The Hall–Kier alpha value is -4.80. The minimum Gasteiger partial charge on any atom is -0.492 e. The van der Waals surface area contributed by atoms with Crippen molar-refractivity contribution in [2.24, 2.45) is 0 Å². The van der Waals surface area contributed by atoms with Gasteiger partial charge in [0.2, 0.25) is 0 Å². The van der Waals surface area contributed by atoms with E-state index in [-0.39, 0.29) is 18.0 Å². The molecule has 3 aromatic carbocycles. The Morgan fingerprint density at radius 1 is 0.885 bits per heavy atom. The van der Waals surface area contributed by atoms with Crippen LogP contribution in [0.15, 0.2) is 66.7 Å².